The topological polar surface area (TPSA) is 4.44 Å². The summed E-state index contributed by atoms with van der Waals surface area (Å²) in [5.41, 5.74) is 2.99. The Morgan fingerprint density at radius 3 is 1.17 bits per heavy atom. The molecule has 2 heteroatoms. The monoisotopic (exact) mass is 513 g/mol. The second-order valence-electron chi connectivity index (χ2n) is 11.3. The standard InChI is InChI=1S/C34H55N.ClH/c1-35(2)29-23-15-13-11-9-7-5-3-4-6-8-10-12-14-18-28-34(30-32-24-19-16-20-25-32)31-33-26-21-17-22-27-33;/h16-17,19-22,24-27,34H,3-15,18,23,28-31H2,1-2H3;1H. The number of halogens is 1. The Hall–Kier alpha value is -1.31. The van der Waals surface area contributed by atoms with Crippen molar-refractivity contribution in [2.45, 2.75) is 116 Å². The van der Waals surface area contributed by atoms with E-state index < -0.39 is 0 Å². The fraction of sp³-hybridized carbons (Fsp3) is 0.647. The Balaban J connectivity index is 0.00000648. The van der Waals surface area contributed by atoms with Gasteiger partial charge in [-0.3, -0.25) is 0 Å². The van der Waals surface area contributed by atoms with Gasteiger partial charge in [0.25, 0.3) is 0 Å². The minimum absolute atomic E-state index is 0. The average Bonchev–Trinajstić information content (AvgIpc) is 2.87. The zero-order valence-corrected chi connectivity index (χ0v) is 24.4. The summed E-state index contributed by atoms with van der Waals surface area (Å²) in [7, 11) is 4.52. The largest absolute Gasteiger partial charge is 1.00 e. The fourth-order valence-electron chi connectivity index (χ4n) is 5.38. The first kappa shape index (κ1) is 32.7. The Bertz CT molecular complexity index is 658. The number of quaternary nitrogens is 1. The molecule has 0 saturated carbocycles. The lowest BCUT2D eigenvalue weighted by atomic mass is 9.88. The molecule has 0 fully saturated rings. The summed E-state index contributed by atoms with van der Waals surface area (Å²) >= 11 is 0. The van der Waals surface area contributed by atoms with Crippen molar-refractivity contribution in [2.24, 2.45) is 5.92 Å². The zero-order chi connectivity index (χ0) is 24.8. The first-order valence-corrected chi connectivity index (χ1v) is 15.1. The van der Waals surface area contributed by atoms with Gasteiger partial charge in [0.05, 0.1) is 20.6 Å². The second kappa shape index (κ2) is 22.9. The molecule has 0 aromatic heterocycles. The van der Waals surface area contributed by atoms with Gasteiger partial charge in [0.2, 0.25) is 0 Å². The molecule has 0 aliphatic rings. The Labute approximate surface area is 230 Å². The van der Waals surface area contributed by atoms with Gasteiger partial charge < -0.3 is 17.3 Å². The first-order valence-electron chi connectivity index (χ1n) is 15.1. The van der Waals surface area contributed by atoms with Crippen molar-refractivity contribution in [3.05, 3.63) is 71.8 Å². The average molecular weight is 514 g/mol. The van der Waals surface area contributed by atoms with Crippen molar-refractivity contribution in [3.8, 4) is 0 Å². The SMILES string of the molecule is C[NH+](C)CCCCCCCCCCCCCCCCCC(Cc1ccccc1)Cc1ccccc1.[Cl-]. The van der Waals surface area contributed by atoms with Crippen molar-refractivity contribution >= 4 is 0 Å². The highest BCUT2D eigenvalue weighted by Gasteiger charge is 2.11. The summed E-state index contributed by atoms with van der Waals surface area (Å²) < 4.78 is 0. The van der Waals surface area contributed by atoms with Crippen LogP contribution >= 0.6 is 0 Å². The van der Waals surface area contributed by atoms with E-state index in [1.807, 2.05) is 0 Å². The molecule has 0 aliphatic carbocycles. The zero-order valence-electron chi connectivity index (χ0n) is 23.7. The van der Waals surface area contributed by atoms with Gasteiger partial charge in [-0.1, -0.05) is 144 Å². The maximum Gasteiger partial charge on any atom is 0.0766 e. The van der Waals surface area contributed by atoms with Crippen LogP contribution in [0.2, 0.25) is 0 Å². The van der Waals surface area contributed by atoms with E-state index in [2.05, 4.69) is 74.8 Å². The third-order valence-electron chi connectivity index (χ3n) is 7.52. The molecule has 2 rings (SSSR count). The van der Waals surface area contributed by atoms with E-state index in [4.69, 9.17) is 0 Å². The molecule has 0 unspecified atom stereocenters. The van der Waals surface area contributed by atoms with Gasteiger partial charge in [0.1, 0.15) is 0 Å². The molecule has 2 aromatic carbocycles. The molecular weight excluding hydrogens is 458 g/mol. The number of unbranched alkanes of at least 4 members (excludes halogenated alkanes) is 14. The van der Waals surface area contributed by atoms with Crippen LogP contribution in [0.15, 0.2) is 60.7 Å². The molecule has 0 saturated heterocycles. The van der Waals surface area contributed by atoms with Crippen LogP contribution in [-0.4, -0.2) is 20.6 Å². The van der Waals surface area contributed by atoms with Gasteiger partial charge in [-0.2, -0.15) is 0 Å². The highest BCUT2D eigenvalue weighted by atomic mass is 35.5. The molecule has 36 heavy (non-hydrogen) atoms. The quantitative estimate of drug-likeness (QED) is 0.199. The smallest absolute Gasteiger partial charge is 0.0766 e. The summed E-state index contributed by atoms with van der Waals surface area (Å²) in [5, 5.41) is 0. The van der Waals surface area contributed by atoms with Gasteiger partial charge >= 0.3 is 0 Å². The van der Waals surface area contributed by atoms with E-state index >= 15 is 0 Å². The minimum atomic E-state index is 0. The molecule has 0 radical (unpaired) electrons. The minimum Gasteiger partial charge on any atom is -1.00 e. The lowest BCUT2D eigenvalue weighted by molar-refractivity contribution is -0.858. The summed E-state index contributed by atoms with van der Waals surface area (Å²) in [6, 6.07) is 22.2. The highest BCUT2D eigenvalue weighted by Crippen LogP contribution is 2.22. The van der Waals surface area contributed by atoms with Crippen molar-refractivity contribution < 1.29 is 17.3 Å². The Morgan fingerprint density at radius 1 is 0.472 bits per heavy atom. The molecule has 204 valence electrons. The highest BCUT2D eigenvalue weighted by molar-refractivity contribution is 5.18. The maximum absolute atomic E-state index is 2.30. The first-order chi connectivity index (χ1) is 17.2. The molecule has 1 N–H and O–H groups in total. The molecule has 0 heterocycles. The van der Waals surface area contributed by atoms with Crippen molar-refractivity contribution in [1.29, 1.82) is 0 Å². The summed E-state index contributed by atoms with van der Waals surface area (Å²) in [6.45, 7) is 1.34. The third kappa shape index (κ3) is 18.0. The maximum atomic E-state index is 2.30. The lowest BCUT2D eigenvalue weighted by Crippen LogP contribution is -3.05. The molecule has 0 atom stereocenters. The van der Waals surface area contributed by atoms with Crippen molar-refractivity contribution in [1.82, 2.24) is 0 Å². The molecular formula is C34H56ClN. The van der Waals surface area contributed by atoms with Gasteiger partial charge in [-0.25, -0.2) is 0 Å². The Kier molecular flexibility index (Phi) is 20.8. The predicted molar refractivity (Wildman–Crippen MR) is 155 cm³/mol. The second-order valence-corrected chi connectivity index (χ2v) is 11.3. The molecule has 0 aliphatic heterocycles. The molecule has 0 bridgehead atoms. The normalized spacial score (nSPS) is 11.2. The van der Waals surface area contributed by atoms with E-state index in [0.717, 1.165) is 5.92 Å². The molecule has 2 aromatic rings. The Morgan fingerprint density at radius 2 is 0.806 bits per heavy atom. The lowest BCUT2D eigenvalue weighted by Gasteiger charge is -2.17. The number of benzene rings is 2. The number of nitrogens with one attached hydrogen (secondary N) is 1. The third-order valence-corrected chi connectivity index (χ3v) is 7.52. The van der Waals surface area contributed by atoms with Crippen LogP contribution in [0.25, 0.3) is 0 Å². The van der Waals surface area contributed by atoms with Crippen LogP contribution in [0, 0.1) is 5.92 Å². The molecule has 0 amide bonds. The summed E-state index contributed by atoms with van der Waals surface area (Å²) in [6.07, 6.45) is 25.4. The van der Waals surface area contributed by atoms with Crippen LogP contribution < -0.4 is 17.3 Å². The number of rotatable bonds is 22. The van der Waals surface area contributed by atoms with Crippen LogP contribution in [0.4, 0.5) is 0 Å². The summed E-state index contributed by atoms with van der Waals surface area (Å²) in [4.78, 5) is 1.59. The van der Waals surface area contributed by atoms with Crippen molar-refractivity contribution in [3.63, 3.8) is 0 Å². The van der Waals surface area contributed by atoms with Gasteiger partial charge in [-0.05, 0) is 49.1 Å². The molecule has 0 spiro atoms. The summed E-state index contributed by atoms with van der Waals surface area (Å²) in [5.74, 6) is 0.763. The van der Waals surface area contributed by atoms with Crippen molar-refractivity contribution in [2.75, 3.05) is 20.6 Å². The predicted octanol–water partition coefficient (Wildman–Crippen LogP) is 5.48. The van der Waals surface area contributed by atoms with Gasteiger partial charge in [-0.15, -0.1) is 0 Å². The van der Waals surface area contributed by atoms with E-state index in [9.17, 15) is 0 Å². The number of hydrogen-bond donors (Lipinski definition) is 1. The number of hydrogen-bond acceptors (Lipinski definition) is 0. The van der Waals surface area contributed by atoms with E-state index in [-0.39, 0.29) is 12.4 Å². The van der Waals surface area contributed by atoms with Crippen LogP contribution in [0.3, 0.4) is 0 Å². The molecule has 1 nitrogen and oxygen atoms in total. The van der Waals surface area contributed by atoms with Crippen LogP contribution in [-0.2, 0) is 12.8 Å². The van der Waals surface area contributed by atoms with Gasteiger partial charge in [0.15, 0.2) is 0 Å². The van der Waals surface area contributed by atoms with E-state index in [1.165, 1.54) is 133 Å². The van der Waals surface area contributed by atoms with E-state index in [0.29, 0.717) is 0 Å². The van der Waals surface area contributed by atoms with Crippen LogP contribution in [0.5, 0.6) is 0 Å². The van der Waals surface area contributed by atoms with Crippen LogP contribution in [0.1, 0.15) is 114 Å². The fourth-order valence-corrected chi connectivity index (χ4v) is 5.38. The van der Waals surface area contributed by atoms with E-state index in [1.54, 1.807) is 4.90 Å². The van der Waals surface area contributed by atoms with Gasteiger partial charge in [0, 0.05) is 0 Å².